The molecule has 1 aliphatic rings. The molecule has 0 spiro atoms. The highest BCUT2D eigenvalue weighted by atomic mass is 35.5. The third-order valence-electron chi connectivity index (χ3n) is 3.02. The lowest BCUT2D eigenvalue weighted by molar-refractivity contribution is 0.153. The van der Waals surface area contributed by atoms with Gasteiger partial charge in [-0.3, -0.25) is 4.90 Å². The van der Waals surface area contributed by atoms with Gasteiger partial charge in [-0.2, -0.15) is 0 Å². The van der Waals surface area contributed by atoms with Crippen LogP contribution in [0, 0.1) is 0 Å². The summed E-state index contributed by atoms with van der Waals surface area (Å²) in [7, 11) is 2.07. The van der Waals surface area contributed by atoms with E-state index < -0.39 is 0 Å². The molecule has 1 N–H and O–H groups in total. The van der Waals surface area contributed by atoms with Crippen molar-refractivity contribution in [3.63, 3.8) is 0 Å². The predicted octanol–water partition coefficient (Wildman–Crippen LogP) is 1.20. The molecule has 1 atom stereocenters. The van der Waals surface area contributed by atoms with Crippen molar-refractivity contribution in [2.24, 2.45) is 7.05 Å². The number of nitrogens with one attached hydrogen (secondary N) is 1. The molecule has 16 heavy (non-hydrogen) atoms. The third-order valence-corrected chi connectivity index (χ3v) is 3.02. The maximum absolute atomic E-state index is 4.45. The van der Waals surface area contributed by atoms with Gasteiger partial charge in [0, 0.05) is 39.1 Å². The molecule has 2 rings (SSSR count). The van der Waals surface area contributed by atoms with Gasteiger partial charge >= 0.3 is 0 Å². The summed E-state index contributed by atoms with van der Waals surface area (Å²) in [6.45, 7) is 6.65. The molecule has 0 amide bonds. The highest BCUT2D eigenvalue weighted by Gasteiger charge is 2.25. The second kappa shape index (κ2) is 6.23. The number of nitrogens with zero attached hydrogens (tertiary/aromatic N) is 3. The summed E-state index contributed by atoms with van der Waals surface area (Å²) in [6.07, 6.45) is 5.11. The van der Waals surface area contributed by atoms with Crippen molar-refractivity contribution >= 4 is 12.4 Å². The van der Waals surface area contributed by atoms with Gasteiger partial charge in [-0.15, -0.1) is 12.4 Å². The zero-order chi connectivity index (χ0) is 10.7. The number of halogens is 1. The Hall–Kier alpha value is -0.580. The van der Waals surface area contributed by atoms with Crippen LogP contribution in [-0.2, 0) is 7.05 Å². The van der Waals surface area contributed by atoms with E-state index in [1.54, 1.807) is 0 Å². The lowest BCUT2D eigenvalue weighted by Gasteiger charge is -2.35. The van der Waals surface area contributed by atoms with E-state index in [4.69, 9.17) is 0 Å². The lowest BCUT2D eigenvalue weighted by atomic mass is 10.1. The summed E-state index contributed by atoms with van der Waals surface area (Å²) in [5, 5.41) is 3.44. The van der Waals surface area contributed by atoms with E-state index in [0.717, 1.165) is 19.6 Å². The van der Waals surface area contributed by atoms with Crippen LogP contribution >= 0.6 is 12.4 Å². The molecule has 2 heterocycles. The highest BCUT2D eigenvalue weighted by molar-refractivity contribution is 5.85. The van der Waals surface area contributed by atoms with Crippen LogP contribution in [0.1, 0.15) is 25.2 Å². The fourth-order valence-corrected chi connectivity index (χ4v) is 2.25. The van der Waals surface area contributed by atoms with E-state index in [1.807, 2.05) is 12.4 Å². The molecule has 4 nitrogen and oxygen atoms in total. The molecule has 1 fully saturated rings. The number of piperazine rings is 1. The first-order valence-electron chi connectivity index (χ1n) is 5.75. The van der Waals surface area contributed by atoms with Gasteiger partial charge < -0.3 is 9.88 Å². The average molecular weight is 245 g/mol. The van der Waals surface area contributed by atoms with Crippen LogP contribution < -0.4 is 5.32 Å². The standard InChI is InChI=1S/C11H20N4.ClH/c1-3-6-15-8-4-12-9-10(15)11-13-5-7-14(11)2;/h5,7,10,12H,3-4,6,8-9H2,1-2H3;1H. The van der Waals surface area contributed by atoms with Crippen molar-refractivity contribution in [3.8, 4) is 0 Å². The van der Waals surface area contributed by atoms with Crippen molar-refractivity contribution in [1.82, 2.24) is 19.8 Å². The predicted molar refractivity (Wildman–Crippen MR) is 67.9 cm³/mol. The molecule has 0 aromatic carbocycles. The maximum Gasteiger partial charge on any atom is 0.127 e. The Kier molecular flexibility index (Phi) is 5.25. The monoisotopic (exact) mass is 244 g/mol. The summed E-state index contributed by atoms with van der Waals surface area (Å²) in [4.78, 5) is 6.98. The Morgan fingerprint density at radius 1 is 1.56 bits per heavy atom. The van der Waals surface area contributed by atoms with E-state index in [9.17, 15) is 0 Å². The summed E-state index contributed by atoms with van der Waals surface area (Å²) >= 11 is 0. The van der Waals surface area contributed by atoms with Crippen molar-refractivity contribution in [2.45, 2.75) is 19.4 Å². The zero-order valence-electron chi connectivity index (χ0n) is 10.0. The lowest BCUT2D eigenvalue weighted by Crippen LogP contribution is -2.47. The van der Waals surface area contributed by atoms with E-state index >= 15 is 0 Å². The first-order chi connectivity index (χ1) is 7.33. The van der Waals surface area contributed by atoms with Crippen LogP contribution in [-0.4, -0.2) is 40.6 Å². The Balaban J connectivity index is 0.00000128. The van der Waals surface area contributed by atoms with Gasteiger partial charge in [-0.25, -0.2) is 4.98 Å². The van der Waals surface area contributed by atoms with Gasteiger partial charge in [0.25, 0.3) is 0 Å². The van der Waals surface area contributed by atoms with Gasteiger partial charge in [0.05, 0.1) is 6.04 Å². The number of imidazole rings is 1. The molecule has 5 heteroatoms. The fourth-order valence-electron chi connectivity index (χ4n) is 2.25. The highest BCUT2D eigenvalue weighted by Crippen LogP contribution is 2.20. The molecule has 1 saturated heterocycles. The molecule has 1 aliphatic heterocycles. The number of hydrogen-bond donors (Lipinski definition) is 1. The minimum absolute atomic E-state index is 0. The smallest absolute Gasteiger partial charge is 0.127 e. The molecule has 1 aromatic rings. The van der Waals surface area contributed by atoms with Gasteiger partial charge in [-0.1, -0.05) is 6.92 Å². The first kappa shape index (κ1) is 13.5. The molecule has 92 valence electrons. The summed E-state index contributed by atoms with van der Waals surface area (Å²) in [5.74, 6) is 1.18. The first-order valence-corrected chi connectivity index (χ1v) is 5.75. The Bertz CT molecular complexity index is 311. The summed E-state index contributed by atoms with van der Waals surface area (Å²) in [6, 6.07) is 0.443. The molecule has 0 saturated carbocycles. The maximum atomic E-state index is 4.45. The van der Waals surface area contributed by atoms with E-state index in [0.29, 0.717) is 6.04 Å². The quantitative estimate of drug-likeness (QED) is 0.868. The second-order valence-electron chi connectivity index (χ2n) is 4.15. The number of aryl methyl sites for hydroxylation is 1. The second-order valence-corrected chi connectivity index (χ2v) is 4.15. The molecule has 1 aromatic heterocycles. The van der Waals surface area contributed by atoms with Gasteiger partial charge in [0.15, 0.2) is 0 Å². The number of hydrogen-bond acceptors (Lipinski definition) is 3. The van der Waals surface area contributed by atoms with Crippen molar-refractivity contribution in [1.29, 1.82) is 0 Å². The molecule has 0 aliphatic carbocycles. The molecule has 0 radical (unpaired) electrons. The zero-order valence-corrected chi connectivity index (χ0v) is 10.8. The van der Waals surface area contributed by atoms with Crippen molar-refractivity contribution in [3.05, 3.63) is 18.2 Å². The third kappa shape index (κ3) is 2.75. The van der Waals surface area contributed by atoms with Crippen molar-refractivity contribution in [2.75, 3.05) is 26.2 Å². The average Bonchev–Trinajstić information content (AvgIpc) is 2.66. The van der Waals surface area contributed by atoms with E-state index in [-0.39, 0.29) is 12.4 Å². The normalized spacial score (nSPS) is 21.8. The van der Waals surface area contributed by atoms with Crippen LogP contribution in [0.25, 0.3) is 0 Å². The molecule has 1 unspecified atom stereocenters. The minimum atomic E-state index is 0. The van der Waals surface area contributed by atoms with Crippen molar-refractivity contribution < 1.29 is 0 Å². The molecule has 0 bridgehead atoms. The van der Waals surface area contributed by atoms with Crippen LogP contribution in [0.4, 0.5) is 0 Å². The minimum Gasteiger partial charge on any atom is -0.337 e. The van der Waals surface area contributed by atoms with E-state index in [2.05, 4.69) is 33.7 Å². The number of rotatable bonds is 3. The summed E-state index contributed by atoms with van der Waals surface area (Å²) in [5.41, 5.74) is 0. The largest absolute Gasteiger partial charge is 0.337 e. The SMILES string of the molecule is CCCN1CCNCC1c1nccn1C.Cl. The topological polar surface area (TPSA) is 33.1 Å². The van der Waals surface area contributed by atoms with Gasteiger partial charge in [-0.05, 0) is 13.0 Å². The fraction of sp³-hybridized carbons (Fsp3) is 0.727. The Labute approximate surface area is 103 Å². The molecular formula is C11H21ClN4. The Morgan fingerprint density at radius 2 is 2.38 bits per heavy atom. The summed E-state index contributed by atoms with van der Waals surface area (Å²) < 4.78 is 2.13. The van der Waals surface area contributed by atoms with Gasteiger partial charge in [0.2, 0.25) is 0 Å². The van der Waals surface area contributed by atoms with Crippen LogP contribution in [0.3, 0.4) is 0 Å². The van der Waals surface area contributed by atoms with Crippen LogP contribution in [0.5, 0.6) is 0 Å². The van der Waals surface area contributed by atoms with Crippen LogP contribution in [0.15, 0.2) is 12.4 Å². The van der Waals surface area contributed by atoms with Gasteiger partial charge in [0.1, 0.15) is 5.82 Å². The van der Waals surface area contributed by atoms with Crippen LogP contribution in [0.2, 0.25) is 0 Å². The number of aromatic nitrogens is 2. The molecular weight excluding hydrogens is 224 g/mol. The Morgan fingerprint density at radius 3 is 3.00 bits per heavy atom. The van der Waals surface area contributed by atoms with E-state index in [1.165, 1.54) is 18.8 Å².